The van der Waals surface area contributed by atoms with Crippen molar-refractivity contribution in [1.82, 2.24) is 14.7 Å². The van der Waals surface area contributed by atoms with E-state index in [1.54, 1.807) is 4.90 Å². The molecular formula is C20H25N3O2. The molecule has 0 N–H and O–H groups in total. The topological polar surface area (TPSA) is 55.2 Å². The molecule has 1 aliphatic rings. The maximum Gasteiger partial charge on any atom is 0.252 e. The second kappa shape index (κ2) is 6.82. The molecule has 5 heteroatoms. The van der Waals surface area contributed by atoms with Gasteiger partial charge in [0, 0.05) is 25.2 Å². The quantitative estimate of drug-likeness (QED) is 0.859. The van der Waals surface area contributed by atoms with Crippen LogP contribution >= 0.6 is 0 Å². The van der Waals surface area contributed by atoms with Gasteiger partial charge in [-0.1, -0.05) is 44.2 Å². The number of hydrogen-bond donors (Lipinski definition) is 0. The van der Waals surface area contributed by atoms with Crippen molar-refractivity contribution in [2.75, 3.05) is 6.54 Å². The van der Waals surface area contributed by atoms with Crippen LogP contribution < -0.4 is 0 Å². The van der Waals surface area contributed by atoms with Crippen LogP contribution in [0.5, 0.6) is 0 Å². The van der Waals surface area contributed by atoms with Crippen molar-refractivity contribution in [3.05, 3.63) is 52.8 Å². The third-order valence-electron chi connectivity index (χ3n) is 4.91. The van der Waals surface area contributed by atoms with Crippen LogP contribution in [0.2, 0.25) is 0 Å². The van der Waals surface area contributed by atoms with Gasteiger partial charge < -0.3 is 4.90 Å². The summed E-state index contributed by atoms with van der Waals surface area (Å²) in [5.74, 6) is -0.0419. The summed E-state index contributed by atoms with van der Waals surface area (Å²) in [6.45, 7) is 9.10. The summed E-state index contributed by atoms with van der Waals surface area (Å²) in [6.07, 6.45) is 0.265. The SMILES string of the molecule is Cc1nn(C(=O)C2CC(=O)N(Cc3ccccc3)C2)c(C)c1C(C)C. The van der Waals surface area contributed by atoms with Gasteiger partial charge in [0.2, 0.25) is 5.91 Å². The van der Waals surface area contributed by atoms with Crippen molar-refractivity contribution in [2.45, 2.75) is 46.6 Å². The van der Waals surface area contributed by atoms with E-state index in [9.17, 15) is 9.59 Å². The average Bonchev–Trinajstić information content (AvgIpc) is 3.07. The van der Waals surface area contributed by atoms with Crippen LogP contribution in [0.25, 0.3) is 0 Å². The van der Waals surface area contributed by atoms with Crippen LogP contribution in [-0.4, -0.2) is 33.0 Å². The Bertz CT molecular complexity index is 793. The molecule has 0 aliphatic carbocycles. The third-order valence-corrected chi connectivity index (χ3v) is 4.91. The summed E-state index contributed by atoms with van der Waals surface area (Å²) in [5, 5.41) is 4.45. The number of hydrogen-bond acceptors (Lipinski definition) is 3. The standard InChI is InChI=1S/C20H25N3O2/c1-13(2)19-14(3)21-23(15(19)4)20(25)17-10-18(24)22(12-17)11-16-8-6-5-7-9-16/h5-9,13,17H,10-12H2,1-4H3. The average molecular weight is 339 g/mol. The fourth-order valence-electron chi connectivity index (χ4n) is 3.77. The molecule has 0 bridgehead atoms. The minimum atomic E-state index is -0.325. The molecule has 0 spiro atoms. The highest BCUT2D eigenvalue weighted by atomic mass is 16.2. The van der Waals surface area contributed by atoms with Crippen molar-refractivity contribution in [3.63, 3.8) is 0 Å². The van der Waals surface area contributed by atoms with Crippen LogP contribution in [0, 0.1) is 19.8 Å². The zero-order chi connectivity index (χ0) is 18.1. The Hall–Kier alpha value is -2.43. The molecule has 1 aliphatic heterocycles. The van der Waals surface area contributed by atoms with Gasteiger partial charge in [0.1, 0.15) is 0 Å². The first-order valence-electron chi connectivity index (χ1n) is 8.80. The zero-order valence-corrected chi connectivity index (χ0v) is 15.3. The molecule has 0 radical (unpaired) electrons. The molecule has 0 saturated carbocycles. The minimum Gasteiger partial charge on any atom is -0.338 e. The molecule has 1 amide bonds. The second-order valence-electron chi connectivity index (χ2n) is 7.15. The van der Waals surface area contributed by atoms with Crippen molar-refractivity contribution in [2.24, 2.45) is 5.92 Å². The predicted octanol–water partition coefficient (Wildman–Crippen LogP) is 3.31. The maximum atomic E-state index is 12.9. The molecule has 2 heterocycles. The first-order chi connectivity index (χ1) is 11.9. The van der Waals surface area contributed by atoms with Gasteiger partial charge in [-0.05, 0) is 30.9 Å². The molecule has 25 heavy (non-hydrogen) atoms. The van der Waals surface area contributed by atoms with Gasteiger partial charge in [-0.2, -0.15) is 5.10 Å². The number of benzene rings is 1. The molecule has 132 valence electrons. The van der Waals surface area contributed by atoms with E-state index in [0.29, 0.717) is 19.0 Å². The number of rotatable bonds is 4. The number of nitrogens with zero attached hydrogens (tertiary/aromatic N) is 3. The number of carbonyl (C=O) groups excluding carboxylic acids is 2. The predicted molar refractivity (Wildman–Crippen MR) is 96.4 cm³/mol. The first kappa shape index (κ1) is 17.4. The molecule has 2 aromatic rings. The summed E-state index contributed by atoms with van der Waals surface area (Å²) in [5.41, 5.74) is 3.99. The largest absolute Gasteiger partial charge is 0.338 e. The first-order valence-corrected chi connectivity index (χ1v) is 8.80. The van der Waals surface area contributed by atoms with Crippen molar-refractivity contribution in [3.8, 4) is 0 Å². The monoisotopic (exact) mass is 339 g/mol. The van der Waals surface area contributed by atoms with E-state index in [0.717, 1.165) is 22.5 Å². The molecule has 1 atom stereocenters. The van der Waals surface area contributed by atoms with E-state index in [1.807, 2.05) is 44.2 Å². The summed E-state index contributed by atoms with van der Waals surface area (Å²) in [4.78, 5) is 27.0. The van der Waals surface area contributed by atoms with Gasteiger partial charge in [-0.25, -0.2) is 4.68 Å². The fourth-order valence-corrected chi connectivity index (χ4v) is 3.77. The van der Waals surface area contributed by atoms with Gasteiger partial charge in [-0.15, -0.1) is 0 Å². The van der Waals surface area contributed by atoms with Crippen molar-refractivity contribution in [1.29, 1.82) is 0 Å². The van der Waals surface area contributed by atoms with Crippen LogP contribution in [-0.2, 0) is 11.3 Å². The van der Waals surface area contributed by atoms with Gasteiger partial charge in [-0.3, -0.25) is 9.59 Å². The Morgan fingerprint density at radius 1 is 1.24 bits per heavy atom. The van der Waals surface area contributed by atoms with Gasteiger partial charge >= 0.3 is 0 Å². The Kier molecular flexibility index (Phi) is 4.75. The van der Waals surface area contributed by atoms with E-state index >= 15 is 0 Å². The highest BCUT2D eigenvalue weighted by Gasteiger charge is 2.36. The molecule has 1 unspecified atom stereocenters. The number of carbonyl (C=O) groups is 2. The van der Waals surface area contributed by atoms with Crippen LogP contribution in [0.3, 0.4) is 0 Å². The molecule has 1 aromatic heterocycles. The normalized spacial score (nSPS) is 17.6. The van der Waals surface area contributed by atoms with Crippen LogP contribution in [0.4, 0.5) is 0 Å². The van der Waals surface area contributed by atoms with E-state index < -0.39 is 0 Å². The number of amides is 1. The zero-order valence-electron chi connectivity index (χ0n) is 15.3. The Balaban J connectivity index is 1.76. The lowest BCUT2D eigenvalue weighted by atomic mass is 10.0. The van der Waals surface area contributed by atoms with E-state index in [2.05, 4.69) is 18.9 Å². The Morgan fingerprint density at radius 3 is 2.52 bits per heavy atom. The molecular weight excluding hydrogens is 314 g/mol. The summed E-state index contributed by atoms with van der Waals surface area (Å²) in [7, 11) is 0. The molecule has 1 saturated heterocycles. The number of aromatic nitrogens is 2. The minimum absolute atomic E-state index is 0.0350. The number of likely N-dealkylation sites (tertiary alicyclic amines) is 1. The van der Waals surface area contributed by atoms with Crippen molar-refractivity contribution < 1.29 is 9.59 Å². The Morgan fingerprint density at radius 2 is 1.92 bits per heavy atom. The summed E-state index contributed by atoms with van der Waals surface area (Å²) in [6, 6.07) is 9.87. The highest BCUT2D eigenvalue weighted by molar-refractivity contribution is 5.90. The fraction of sp³-hybridized carbons (Fsp3) is 0.450. The Labute approximate surface area is 148 Å². The van der Waals surface area contributed by atoms with Crippen molar-refractivity contribution >= 4 is 11.8 Å². The van der Waals surface area contributed by atoms with E-state index in [4.69, 9.17) is 0 Å². The molecule has 1 aromatic carbocycles. The smallest absolute Gasteiger partial charge is 0.252 e. The third kappa shape index (κ3) is 3.36. The molecule has 1 fully saturated rings. The van der Waals surface area contributed by atoms with E-state index in [-0.39, 0.29) is 24.2 Å². The summed E-state index contributed by atoms with van der Waals surface area (Å²) < 4.78 is 1.51. The lowest BCUT2D eigenvalue weighted by molar-refractivity contribution is -0.128. The summed E-state index contributed by atoms with van der Waals surface area (Å²) >= 11 is 0. The lowest BCUT2D eigenvalue weighted by Gasteiger charge is -2.16. The molecule has 3 rings (SSSR count). The van der Waals surface area contributed by atoms with Gasteiger partial charge in [0.15, 0.2) is 0 Å². The maximum absolute atomic E-state index is 12.9. The second-order valence-corrected chi connectivity index (χ2v) is 7.15. The molecule has 5 nitrogen and oxygen atoms in total. The highest BCUT2D eigenvalue weighted by Crippen LogP contribution is 2.26. The van der Waals surface area contributed by atoms with E-state index in [1.165, 1.54) is 4.68 Å². The lowest BCUT2D eigenvalue weighted by Crippen LogP contribution is -2.28. The van der Waals surface area contributed by atoms with Gasteiger partial charge in [0.05, 0.1) is 11.6 Å². The van der Waals surface area contributed by atoms with Crippen LogP contribution in [0.15, 0.2) is 30.3 Å². The van der Waals surface area contributed by atoms with Gasteiger partial charge in [0.25, 0.3) is 5.91 Å². The van der Waals surface area contributed by atoms with Crippen LogP contribution in [0.1, 0.15) is 53.5 Å². The number of aryl methyl sites for hydroxylation is 1.